The first kappa shape index (κ1) is 13.2. The van der Waals surface area contributed by atoms with Crippen LogP contribution >= 0.6 is 0 Å². The molecule has 1 unspecified atom stereocenters. The van der Waals surface area contributed by atoms with Crippen molar-refractivity contribution in [3.8, 4) is 0 Å². The minimum absolute atomic E-state index is 0.396. The largest absolute Gasteiger partial charge is 0.390 e. The van der Waals surface area contributed by atoms with Crippen LogP contribution in [0.2, 0.25) is 0 Å². The molecule has 16 heavy (non-hydrogen) atoms. The summed E-state index contributed by atoms with van der Waals surface area (Å²) in [5.74, 6) is 0. The van der Waals surface area contributed by atoms with Gasteiger partial charge in [0.25, 0.3) is 0 Å². The molecule has 0 fully saturated rings. The Morgan fingerprint density at radius 3 is 2.38 bits per heavy atom. The Bertz CT molecular complexity index is 300. The SMILES string of the molecule is CCCOCC(O)Cc1cc(C)cc(C)c1. The minimum atomic E-state index is -0.396. The number of hydrogen-bond acceptors (Lipinski definition) is 2. The van der Waals surface area contributed by atoms with Gasteiger partial charge in [-0.05, 0) is 25.8 Å². The van der Waals surface area contributed by atoms with E-state index >= 15 is 0 Å². The summed E-state index contributed by atoms with van der Waals surface area (Å²) in [5.41, 5.74) is 3.68. The van der Waals surface area contributed by atoms with Crippen LogP contribution in [0.5, 0.6) is 0 Å². The molecule has 0 saturated heterocycles. The molecule has 1 aromatic carbocycles. The normalized spacial score (nSPS) is 12.8. The predicted octanol–water partition coefficient (Wildman–Crippen LogP) is 2.63. The fourth-order valence-corrected chi connectivity index (χ4v) is 1.88. The third kappa shape index (κ3) is 4.77. The van der Waals surface area contributed by atoms with Gasteiger partial charge < -0.3 is 9.84 Å². The predicted molar refractivity (Wildman–Crippen MR) is 66.7 cm³/mol. The second-order valence-electron chi connectivity index (χ2n) is 4.43. The Morgan fingerprint density at radius 2 is 1.81 bits per heavy atom. The number of aliphatic hydroxyl groups excluding tert-OH is 1. The van der Waals surface area contributed by atoms with Crippen LogP contribution in [0.4, 0.5) is 0 Å². The van der Waals surface area contributed by atoms with E-state index in [2.05, 4.69) is 39.0 Å². The fourth-order valence-electron chi connectivity index (χ4n) is 1.88. The van der Waals surface area contributed by atoms with E-state index in [1.165, 1.54) is 16.7 Å². The van der Waals surface area contributed by atoms with E-state index in [0.29, 0.717) is 13.0 Å². The number of benzene rings is 1. The summed E-state index contributed by atoms with van der Waals surface area (Å²) in [6.45, 7) is 7.38. The van der Waals surface area contributed by atoms with Crippen LogP contribution in [-0.2, 0) is 11.2 Å². The molecule has 0 amide bonds. The van der Waals surface area contributed by atoms with Crippen molar-refractivity contribution in [2.45, 2.75) is 39.7 Å². The first-order chi connectivity index (χ1) is 7.61. The maximum atomic E-state index is 9.79. The van der Waals surface area contributed by atoms with Crippen LogP contribution in [0, 0.1) is 13.8 Å². The zero-order valence-corrected chi connectivity index (χ0v) is 10.5. The zero-order valence-electron chi connectivity index (χ0n) is 10.5. The number of aryl methyl sites for hydroxylation is 2. The standard InChI is InChI=1S/C14H22O2/c1-4-5-16-10-14(15)9-13-7-11(2)6-12(3)8-13/h6-8,14-15H,4-5,9-10H2,1-3H3. The molecule has 2 heteroatoms. The van der Waals surface area contributed by atoms with Gasteiger partial charge in [-0.25, -0.2) is 0 Å². The monoisotopic (exact) mass is 222 g/mol. The molecule has 2 nitrogen and oxygen atoms in total. The minimum Gasteiger partial charge on any atom is -0.390 e. The first-order valence-corrected chi connectivity index (χ1v) is 5.94. The Balaban J connectivity index is 2.45. The molecule has 0 aliphatic carbocycles. The van der Waals surface area contributed by atoms with Gasteiger partial charge >= 0.3 is 0 Å². The second-order valence-corrected chi connectivity index (χ2v) is 4.43. The van der Waals surface area contributed by atoms with Gasteiger partial charge in [0.05, 0.1) is 12.7 Å². The van der Waals surface area contributed by atoms with Crippen molar-refractivity contribution < 1.29 is 9.84 Å². The van der Waals surface area contributed by atoms with Crippen LogP contribution in [0.3, 0.4) is 0 Å². The van der Waals surface area contributed by atoms with Crippen molar-refractivity contribution in [1.29, 1.82) is 0 Å². The summed E-state index contributed by atoms with van der Waals surface area (Å²) < 4.78 is 5.33. The van der Waals surface area contributed by atoms with Gasteiger partial charge in [-0.2, -0.15) is 0 Å². The average Bonchev–Trinajstić information content (AvgIpc) is 2.16. The molecule has 0 spiro atoms. The summed E-state index contributed by atoms with van der Waals surface area (Å²) >= 11 is 0. The summed E-state index contributed by atoms with van der Waals surface area (Å²) in [5, 5.41) is 9.79. The summed E-state index contributed by atoms with van der Waals surface area (Å²) in [6.07, 6.45) is 1.27. The zero-order chi connectivity index (χ0) is 12.0. The molecule has 0 heterocycles. The summed E-state index contributed by atoms with van der Waals surface area (Å²) in [4.78, 5) is 0. The molecular weight excluding hydrogens is 200 g/mol. The fraction of sp³-hybridized carbons (Fsp3) is 0.571. The van der Waals surface area contributed by atoms with Crippen LogP contribution in [-0.4, -0.2) is 24.4 Å². The van der Waals surface area contributed by atoms with E-state index in [9.17, 15) is 5.11 Å². The molecule has 0 saturated carbocycles. The van der Waals surface area contributed by atoms with Gasteiger partial charge in [-0.15, -0.1) is 0 Å². The number of aliphatic hydroxyl groups is 1. The highest BCUT2D eigenvalue weighted by Crippen LogP contribution is 2.11. The lowest BCUT2D eigenvalue weighted by Crippen LogP contribution is -2.18. The van der Waals surface area contributed by atoms with Crippen molar-refractivity contribution >= 4 is 0 Å². The van der Waals surface area contributed by atoms with Crippen LogP contribution in [0.15, 0.2) is 18.2 Å². The summed E-state index contributed by atoms with van der Waals surface area (Å²) in [7, 11) is 0. The van der Waals surface area contributed by atoms with Crippen molar-refractivity contribution in [2.24, 2.45) is 0 Å². The van der Waals surface area contributed by atoms with Gasteiger partial charge in [0.15, 0.2) is 0 Å². The maximum Gasteiger partial charge on any atom is 0.0813 e. The van der Waals surface area contributed by atoms with Crippen molar-refractivity contribution in [3.63, 3.8) is 0 Å². The van der Waals surface area contributed by atoms with Crippen LogP contribution < -0.4 is 0 Å². The molecule has 1 aromatic rings. The maximum absolute atomic E-state index is 9.79. The molecular formula is C14H22O2. The third-order valence-electron chi connectivity index (χ3n) is 2.41. The van der Waals surface area contributed by atoms with Crippen LogP contribution in [0.25, 0.3) is 0 Å². The van der Waals surface area contributed by atoms with Gasteiger partial charge in [0, 0.05) is 13.0 Å². The lowest BCUT2D eigenvalue weighted by Gasteiger charge is -2.12. The lowest BCUT2D eigenvalue weighted by atomic mass is 10.0. The van der Waals surface area contributed by atoms with Crippen molar-refractivity contribution in [3.05, 3.63) is 34.9 Å². The van der Waals surface area contributed by atoms with Gasteiger partial charge in [-0.3, -0.25) is 0 Å². The topological polar surface area (TPSA) is 29.5 Å². The molecule has 0 aliphatic heterocycles. The first-order valence-electron chi connectivity index (χ1n) is 5.94. The molecule has 90 valence electrons. The van der Waals surface area contributed by atoms with E-state index in [-0.39, 0.29) is 0 Å². The van der Waals surface area contributed by atoms with E-state index < -0.39 is 6.10 Å². The quantitative estimate of drug-likeness (QED) is 0.750. The number of rotatable bonds is 6. The molecule has 0 bridgehead atoms. The van der Waals surface area contributed by atoms with Gasteiger partial charge in [0.1, 0.15) is 0 Å². The average molecular weight is 222 g/mol. The molecule has 0 aliphatic rings. The van der Waals surface area contributed by atoms with Gasteiger partial charge in [0.2, 0.25) is 0 Å². The molecule has 1 rings (SSSR count). The van der Waals surface area contributed by atoms with Crippen molar-refractivity contribution in [2.75, 3.05) is 13.2 Å². The van der Waals surface area contributed by atoms with Crippen LogP contribution in [0.1, 0.15) is 30.0 Å². The Labute approximate surface area is 98.3 Å². The second kappa shape index (κ2) is 6.66. The van der Waals surface area contributed by atoms with E-state index in [0.717, 1.165) is 13.0 Å². The highest BCUT2D eigenvalue weighted by Gasteiger charge is 2.06. The molecule has 1 atom stereocenters. The van der Waals surface area contributed by atoms with Crippen molar-refractivity contribution in [1.82, 2.24) is 0 Å². The Hall–Kier alpha value is -0.860. The van der Waals surface area contributed by atoms with E-state index in [1.807, 2.05) is 0 Å². The highest BCUT2D eigenvalue weighted by molar-refractivity contribution is 5.28. The smallest absolute Gasteiger partial charge is 0.0813 e. The van der Waals surface area contributed by atoms with E-state index in [1.54, 1.807) is 0 Å². The highest BCUT2D eigenvalue weighted by atomic mass is 16.5. The summed E-state index contributed by atoms with van der Waals surface area (Å²) in [6, 6.07) is 6.38. The number of ether oxygens (including phenoxy) is 1. The third-order valence-corrected chi connectivity index (χ3v) is 2.41. The number of hydrogen-bond donors (Lipinski definition) is 1. The van der Waals surface area contributed by atoms with E-state index in [4.69, 9.17) is 4.74 Å². The molecule has 0 radical (unpaired) electrons. The molecule has 0 aromatic heterocycles. The van der Waals surface area contributed by atoms with Gasteiger partial charge in [-0.1, -0.05) is 36.2 Å². The lowest BCUT2D eigenvalue weighted by molar-refractivity contribution is 0.0374. The Kier molecular flexibility index (Phi) is 5.50. The molecule has 1 N–H and O–H groups in total. The Morgan fingerprint density at radius 1 is 1.19 bits per heavy atom.